The molecule has 1 aromatic heterocycles. The number of aromatic nitrogens is 1. The second kappa shape index (κ2) is 7.91. The predicted octanol–water partition coefficient (Wildman–Crippen LogP) is 3.21. The highest BCUT2D eigenvalue weighted by Crippen LogP contribution is 2.09. The summed E-state index contributed by atoms with van der Waals surface area (Å²) in [5.41, 5.74) is 3.76. The van der Waals surface area contributed by atoms with Crippen molar-refractivity contribution in [2.24, 2.45) is 0 Å². The summed E-state index contributed by atoms with van der Waals surface area (Å²) < 4.78 is 0. The third-order valence-corrected chi connectivity index (χ3v) is 3.67. The Labute approximate surface area is 128 Å². The molecule has 0 aliphatic rings. The lowest BCUT2D eigenvalue weighted by Crippen LogP contribution is -2.25. The van der Waals surface area contributed by atoms with Gasteiger partial charge in [0.2, 0.25) is 0 Å². The second-order valence-electron chi connectivity index (χ2n) is 5.75. The van der Waals surface area contributed by atoms with Crippen molar-refractivity contribution in [2.75, 3.05) is 7.05 Å². The van der Waals surface area contributed by atoms with Gasteiger partial charge in [-0.3, -0.25) is 9.88 Å². The first-order chi connectivity index (χ1) is 10.1. The van der Waals surface area contributed by atoms with Crippen molar-refractivity contribution in [3.05, 3.63) is 65.5 Å². The number of hydrogen-bond donors (Lipinski definition) is 1. The zero-order valence-electron chi connectivity index (χ0n) is 13.2. The fraction of sp³-hybridized carbons (Fsp3) is 0.389. The number of pyridine rings is 1. The molecule has 0 aliphatic carbocycles. The zero-order valence-corrected chi connectivity index (χ0v) is 13.2. The Bertz CT molecular complexity index is 537. The molecule has 0 fully saturated rings. The van der Waals surface area contributed by atoms with Crippen molar-refractivity contribution in [2.45, 2.75) is 39.5 Å². The number of rotatable bonds is 7. The second-order valence-corrected chi connectivity index (χ2v) is 5.75. The van der Waals surface area contributed by atoms with Gasteiger partial charge in [0.25, 0.3) is 0 Å². The van der Waals surface area contributed by atoms with Crippen LogP contribution < -0.4 is 5.32 Å². The van der Waals surface area contributed by atoms with Gasteiger partial charge in [-0.25, -0.2) is 0 Å². The molecule has 0 atom stereocenters. The first kappa shape index (κ1) is 15.7. The highest BCUT2D eigenvalue weighted by Gasteiger charge is 2.04. The third kappa shape index (κ3) is 5.29. The van der Waals surface area contributed by atoms with E-state index in [0.717, 1.165) is 25.3 Å². The molecule has 0 unspecified atom stereocenters. The molecular weight excluding hydrogens is 258 g/mol. The largest absolute Gasteiger partial charge is 0.307 e. The summed E-state index contributed by atoms with van der Waals surface area (Å²) in [5.74, 6) is 0. The fourth-order valence-electron chi connectivity index (χ4n) is 2.15. The standard InChI is InChI=1S/C18H25N3/c1-15(2)21(3)14-17-8-6-7-16(11-17)12-19-13-18-9-4-5-10-20-18/h4-11,15,19H,12-14H2,1-3H3. The van der Waals surface area contributed by atoms with E-state index in [4.69, 9.17) is 0 Å². The highest BCUT2D eigenvalue weighted by atomic mass is 15.1. The van der Waals surface area contributed by atoms with Crippen molar-refractivity contribution >= 4 is 0 Å². The van der Waals surface area contributed by atoms with Gasteiger partial charge in [-0.15, -0.1) is 0 Å². The molecule has 21 heavy (non-hydrogen) atoms. The van der Waals surface area contributed by atoms with Gasteiger partial charge >= 0.3 is 0 Å². The van der Waals surface area contributed by atoms with E-state index in [-0.39, 0.29) is 0 Å². The lowest BCUT2D eigenvalue weighted by Gasteiger charge is -2.21. The molecule has 0 saturated carbocycles. The minimum atomic E-state index is 0.566. The van der Waals surface area contributed by atoms with Crippen molar-refractivity contribution in [3.63, 3.8) is 0 Å². The van der Waals surface area contributed by atoms with Crippen LogP contribution in [0.3, 0.4) is 0 Å². The molecule has 0 amide bonds. The topological polar surface area (TPSA) is 28.2 Å². The summed E-state index contributed by atoms with van der Waals surface area (Å²) in [7, 11) is 2.16. The number of benzene rings is 1. The number of nitrogens with one attached hydrogen (secondary N) is 1. The van der Waals surface area contributed by atoms with E-state index in [2.05, 4.69) is 60.4 Å². The summed E-state index contributed by atoms with van der Waals surface area (Å²) in [4.78, 5) is 6.66. The van der Waals surface area contributed by atoms with Gasteiger partial charge in [0.05, 0.1) is 5.69 Å². The SMILES string of the molecule is CC(C)N(C)Cc1cccc(CNCc2ccccn2)c1. The van der Waals surface area contributed by atoms with Crippen molar-refractivity contribution in [1.29, 1.82) is 0 Å². The minimum Gasteiger partial charge on any atom is -0.307 e. The van der Waals surface area contributed by atoms with Gasteiger partial charge in [0.1, 0.15) is 0 Å². The van der Waals surface area contributed by atoms with Crippen LogP contribution in [-0.4, -0.2) is 23.0 Å². The average molecular weight is 283 g/mol. The predicted molar refractivity (Wildman–Crippen MR) is 87.8 cm³/mol. The van der Waals surface area contributed by atoms with E-state index in [1.165, 1.54) is 11.1 Å². The molecule has 0 spiro atoms. The van der Waals surface area contributed by atoms with E-state index in [1.54, 1.807) is 0 Å². The molecule has 0 bridgehead atoms. The van der Waals surface area contributed by atoms with Gasteiger partial charge in [0, 0.05) is 31.9 Å². The molecule has 3 nitrogen and oxygen atoms in total. The summed E-state index contributed by atoms with van der Waals surface area (Å²) in [5, 5.41) is 3.45. The Hall–Kier alpha value is -1.71. The Kier molecular flexibility index (Phi) is 5.90. The van der Waals surface area contributed by atoms with Crippen LogP contribution in [0.2, 0.25) is 0 Å². The monoisotopic (exact) mass is 283 g/mol. The summed E-state index contributed by atoms with van der Waals surface area (Å²) in [6.45, 7) is 7.11. The first-order valence-electron chi connectivity index (χ1n) is 7.54. The third-order valence-electron chi connectivity index (χ3n) is 3.67. The molecule has 0 saturated heterocycles. The molecule has 0 aliphatic heterocycles. The zero-order chi connectivity index (χ0) is 15.1. The van der Waals surface area contributed by atoms with Crippen LogP contribution in [-0.2, 0) is 19.6 Å². The van der Waals surface area contributed by atoms with E-state index in [0.29, 0.717) is 6.04 Å². The number of hydrogen-bond acceptors (Lipinski definition) is 3. The van der Waals surface area contributed by atoms with Crippen molar-refractivity contribution < 1.29 is 0 Å². The van der Waals surface area contributed by atoms with Crippen LogP contribution in [0.1, 0.15) is 30.7 Å². The van der Waals surface area contributed by atoms with Gasteiger partial charge in [-0.2, -0.15) is 0 Å². The lowest BCUT2D eigenvalue weighted by atomic mass is 10.1. The maximum atomic E-state index is 4.32. The summed E-state index contributed by atoms with van der Waals surface area (Å²) >= 11 is 0. The van der Waals surface area contributed by atoms with E-state index >= 15 is 0 Å². The molecule has 3 heteroatoms. The molecule has 2 rings (SSSR count). The van der Waals surface area contributed by atoms with Crippen molar-refractivity contribution in [1.82, 2.24) is 15.2 Å². The lowest BCUT2D eigenvalue weighted by molar-refractivity contribution is 0.266. The molecular formula is C18H25N3. The van der Waals surface area contributed by atoms with Crippen LogP contribution >= 0.6 is 0 Å². The highest BCUT2D eigenvalue weighted by molar-refractivity contribution is 5.23. The van der Waals surface area contributed by atoms with E-state index < -0.39 is 0 Å². The Balaban J connectivity index is 1.86. The maximum absolute atomic E-state index is 4.32. The summed E-state index contributed by atoms with van der Waals surface area (Å²) in [6, 6.07) is 15.4. The molecule has 112 valence electrons. The minimum absolute atomic E-state index is 0.566. The Morgan fingerprint density at radius 2 is 1.86 bits per heavy atom. The Morgan fingerprint density at radius 1 is 1.05 bits per heavy atom. The maximum Gasteiger partial charge on any atom is 0.0541 e. The van der Waals surface area contributed by atoms with Gasteiger partial charge in [-0.1, -0.05) is 30.3 Å². The van der Waals surface area contributed by atoms with Crippen LogP contribution in [0.5, 0.6) is 0 Å². The van der Waals surface area contributed by atoms with Crippen LogP contribution in [0.4, 0.5) is 0 Å². The fourth-order valence-corrected chi connectivity index (χ4v) is 2.15. The summed E-state index contributed by atoms with van der Waals surface area (Å²) in [6.07, 6.45) is 1.83. The van der Waals surface area contributed by atoms with Crippen LogP contribution in [0.15, 0.2) is 48.7 Å². The van der Waals surface area contributed by atoms with E-state index in [1.807, 2.05) is 24.4 Å². The normalized spacial score (nSPS) is 11.3. The quantitative estimate of drug-likeness (QED) is 0.845. The molecule has 1 heterocycles. The number of nitrogens with zero attached hydrogens (tertiary/aromatic N) is 2. The molecule has 1 aromatic carbocycles. The molecule has 2 aromatic rings. The van der Waals surface area contributed by atoms with Gasteiger partial charge in [-0.05, 0) is 44.2 Å². The molecule has 1 N–H and O–H groups in total. The molecule has 0 radical (unpaired) electrons. The van der Waals surface area contributed by atoms with Crippen LogP contribution in [0, 0.1) is 0 Å². The smallest absolute Gasteiger partial charge is 0.0541 e. The average Bonchev–Trinajstić information content (AvgIpc) is 2.48. The Morgan fingerprint density at radius 3 is 2.57 bits per heavy atom. The first-order valence-corrected chi connectivity index (χ1v) is 7.54. The van der Waals surface area contributed by atoms with E-state index in [9.17, 15) is 0 Å². The van der Waals surface area contributed by atoms with Crippen LogP contribution in [0.25, 0.3) is 0 Å². The van der Waals surface area contributed by atoms with Gasteiger partial charge < -0.3 is 5.32 Å². The van der Waals surface area contributed by atoms with Crippen molar-refractivity contribution in [3.8, 4) is 0 Å². The van der Waals surface area contributed by atoms with Gasteiger partial charge in [0.15, 0.2) is 0 Å².